The predicted molar refractivity (Wildman–Crippen MR) is 118 cm³/mol. The van der Waals surface area contributed by atoms with Gasteiger partial charge in [0.05, 0.1) is 10.5 Å². The van der Waals surface area contributed by atoms with Gasteiger partial charge in [-0.1, -0.05) is 19.9 Å². The molecule has 2 aromatic carbocycles. The topological polar surface area (TPSA) is 101 Å². The first-order valence-corrected chi connectivity index (χ1v) is 12.3. The molecule has 0 bridgehead atoms. The van der Waals surface area contributed by atoms with Gasteiger partial charge in [-0.05, 0) is 60.6 Å². The van der Waals surface area contributed by atoms with E-state index >= 15 is 0 Å². The van der Waals surface area contributed by atoms with E-state index in [1.807, 2.05) is 26.0 Å². The van der Waals surface area contributed by atoms with Crippen molar-refractivity contribution in [3.63, 3.8) is 0 Å². The maximum atomic E-state index is 14.6. The minimum Gasteiger partial charge on any atom is -0.465 e. The molecule has 9 heteroatoms. The molecule has 0 spiro atoms. The van der Waals surface area contributed by atoms with Gasteiger partial charge in [-0.25, -0.2) is 22.6 Å². The molecule has 1 N–H and O–H groups in total. The summed E-state index contributed by atoms with van der Waals surface area (Å²) in [7, 11) is -3.52. The standard InChI is InChI=1S/C23H25FN2O5S/c1-13(2)20-11-15(8-9-26(20)23(27)28)14-4-7-21-19(10-14)25-22(31-21)17-6-5-16(12-18(17)24)32(3,29)30/h4-7,10,12-13,15,20H,8-9,11H2,1-3H3,(H,27,28). The van der Waals surface area contributed by atoms with Crippen LogP contribution in [-0.2, 0) is 9.84 Å². The fourth-order valence-electron chi connectivity index (χ4n) is 4.38. The van der Waals surface area contributed by atoms with Gasteiger partial charge in [0.1, 0.15) is 11.3 Å². The van der Waals surface area contributed by atoms with Crippen LogP contribution in [0, 0.1) is 11.7 Å². The molecule has 170 valence electrons. The second-order valence-electron chi connectivity index (χ2n) is 8.67. The summed E-state index contributed by atoms with van der Waals surface area (Å²) < 4.78 is 43.6. The van der Waals surface area contributed by atoms with E-state index in [4.69, 9.17) is 4.42 Å². The Kier molecular flexibility index (Phi) is 5.70. The number of halogens is 1. The van der Waals surface area contributed by atoms with Gasteiger partial charge >= 0.3 is 6.09 Å². The average molecular weight is 461 g/mol. The lowest BCUT2D eigenvalue weighted by Gasteiger charge is -2.40. The van der Waals surface area contributed by atoms with E-state index in [1.165, 1.54) is 17.0 Å². The third kappa shape index (κ3) is 4.21. The lowest BCUT2D eigenvalue weighted by molar-refractivity contribution is 0.0828. The molecular formula is C23H25FN2O5S. The SMILES string of the molecule is CC(C)C1CC(c2ccc3oc(-c4ccc(S(C)(=O)=O)cc4F)nc3c2)CCN1C(=O)O. The van der Waals surface area contributed by atoms with Crippen molar-refractivity contribution < 1.29 is 27.1 Å². The van der Waals surface area contributed by atoms with Crippen molar-refractivity contribution in [1.29, 1.82) is 0 Å². The smallest absolute Gasteiger partial charge is 0.407 e. The highest BCUT2D eigenvalue weighted by molar-refractivity contribution is 7.90. The molecule has 1 fully saturated rings. The summed E-state index contributed by atoms with van der Waals surface area (Å²) in [5, 5.41) is 9.49. The van der Waals surface area contributed by atoms with Crippen LogP contribution in [0.25, 0.3) is 22.6 Å². The second kappa shape index (κ2) is 8.20. The summed E-state index contributed by atoms with van der Waals surface area (Å²) in [5.74, 6) is -0.251. The molecule has 2 heterocycles. The minimum atomic E-state index is -3.52. The number of aromatic nitrogens is 1. The molecule has 7 nitrogen and oxygen atoms in total. The van der Waals surface area contributed by atoms with Gasteiger partial charge in [-0.2, -0.15) is 0 Å². The largest absolute Gasteiger partial charge is 0.465 e. The van der Waals surface area contributed by atoms with E-state index in [2.05, 4.69) is 4.98 Å². The highest BCUT2D eigenvalue weighted by Crippen LogP contribution is 2.36. The number of rotatable bonds is 4. The molecule has 1 aliphatic heterocycles. The number of oxazole rings is 1. The van der Waals surface area contributed by atoms with Crippen molar-refractivity contribution in [2.24, 2.45) is 5.92 Å². The highest BCUT2D eigenvalue weighted by atomic mass is 32.2. The molecular weight excluding hydrogens is 435 g/mol. The van der Waals surface area contributed by atoms with E-state index in [0.717, 1.165) is 24.3 Å². The number of likely N-dealkylation sites (tertiary alicyclic amines) is 1. The number of hydrogen-bond donors (Lipinski definition) is 1. The van der Waals surface area contributed by atoms with Gasteiger partial charge in [0.15, 0.2) is 15.4 Å². The maximum Gasteiger partial charge on any atom is 0.407 e. The summed E-state index contributed by atoms with van der Waals surface area (Å²) >= 11 is 0. The summed E-state index contributed by atoms with van der Waals surface area (Å²) in [5.41, 5.74) is 2.20. The zero-order valence-electron chi connectivity index (χ0n) is 18.1. The Bertz CT molecular complexity index is 1280. The van der Waals surface area contributed by atoms with E-state index in [9.17, 15) is 22.7 Å². The molecule has 1 amide bonds. The molecule has 1 aliphatic rings. The number of amides is 1. The maximum absolute atomic E-state index is 14.6. The number of hydrogen-bond acceptors (Lipinski definition) is 5. The first kappa shape index (κ1) is 22.3. The minimum absolute atomic E-state index is 0.0581. The third-order valence-electron chi connectivity index (χ3n) is 6.14. The Balaban J connectivity index is 1.64. The fourth-order valence-corrected chi connectivity index (χ4v) is 5.02. The molecule has 1 saturated heterocycles. The van der Waals surface area contributed by atoms with Gasteiger partial charge < -0.3 is 14.4 Å². The molecule has 1 aromatic heterocycles. The predicted octanol–water partition coefficient (Wildman–Crippen LogP) is 4.92. The molecule has 0 aliphatic carbocycles. The number of benzene rings is 2. The van der Waals surface area contributed by atoms with Crippen LogP contribution >= 0.6 is 0 Å². The summed E-state index contributed by atoms with van der Waals surface area (Å²) in [6.45, 7) is 4.53. The Hall–Kier alpha value is -2.94. The van der Waals surface area contributed by atoms with Crippen LogP contribution in [0.1, 0.15) is 38.2 Å². The van der Waals surface area contributed by atoms with Crippen molar-refractivity contribution in [2.45, 2.75) is 43.5 Å². The zero-order valence-corrected chi connectivity index (χ0v) is 18.9. The van der Waals surface area contributed by atoms with E-state index in [0.29, 0.717) is 24.1 Å². The molecule has 2 atom stereocenters. The fraction of sp³-hybridized carbons (Fsp3) is 0.391. The van der Waals surface area contributed by atoms with Gasteiger partial charge in [-0.15, -0.1) is 0 Å². The Labute approximate surface area is 185 Å². The third-order valence-corrected chi connectivity index (χ3v) is 7.25. The van der Waals surface area contributed by atoms with Crippen LogP contribution in [0.3, 0.4) is 0 Å². The van der Waals surface area contributed by atoms with E-state index in [1.54, 1.807) is 6.07 Å². The lowest BCUT2D eigenvalue weighted by atomic mass is 9.81. The first-order valence-electron chi connectivity index (χ1n) is 10.4. The highest BCUT2D eigenvalue weighted by Gasteiger charge is 2.34. The molecule has 32 heavy (non-hydrogen) atoms. The summed E-state index contributed by atoms with van der Waals surface area (Å²) in [4.78, 5) is 17.4. The molecule has 0 saturated carbocycles. The van der Waals surface area contributed by atoms with Crippen LogP contribution < -0.4 is 0 Å². The number of piperidine rings is 1. The first-order chi connectivity index (χ1) is 15.0. The van der Waals surface area contributed by atoms with E-state index in [-0.39, 0.29) is 34.2 Å². The Morgan fingerprint density at radius 1 is 1.25 bits per heavy atom. The monoisotopic (exact) mass is 460 g/mol. The normalized spacial score (nSPS) is 19.6. The van der Waals surface area contributed by atoms with Crippen LogP contribution in [0.4, 0.5) is 9.18 Å². The van der Waals surface area contributed by atoms with Crippen LogP contribution in [0.5, 0.6) is 0 Å². The zero-order chi connectivity index (χ0) is 23.2. The number of carboxylic acid groups (broad SMARTS) is 1. The summed E-state index contributed by atoms with van der Waals surface area (Å²) in [6, 6.07) is 9.23. The Morgan fingerprint density at radius 2 is 2.00 bits per heavy atom. The Morgan fingerprint density at radius 3 is 2.62 bits per heavy atom. The van der Waals surface area contributed by atoms with Crippen LogP contribution in [0.2, 0.25) is 0 Å². The quantitative estimate of drug-likeness (QED) is 0.593. The van der Waals surface area contributed by atoms with Gasteiger partial charge in [0.25, 0.3) is 0 Å². The molecule has 4 rings (SSSR count). The lowest BCUT2D eigenvalue weighted by Crippen LogP contribution is -2.47. The number of fused-ring (bicyclic) bond motifs is 1. The molecule has 3 aromatic rings. The van der Waals surface area contributed by atoms with E-state index < -0.39 is 21.7 Å². The van der Waals surface area contributed by atoms with Gasteiger partial charge in [0, 0.05) is 18.8 Å². The number of sulfone groups is 1. The van der Waals surface area contributed by atoms with Gasteiger partial charge in [0.2, 0.25) is 5.89 Å². The van der Waals surface area contributed by atoms with Crippen molar-refractivity contribution >= 4 is 27.0 Å². The second-order valence-corrected chi connectivity index (χ2v) is 10.7. The molecule has 0 radical (unpaired) electrons. The van der Waals surface area contributed by atoms with Crippen molar-refractivity contribution in [2.75, 3.05) is 12.8 Å². The number of carbonyl (C=O) groups is 1. The average Bonchev–Trinajstić information content (AvgIpc) is 3.15. The van der Waals surface area contributed by atoms with Gasteiger partial charge in [-0.3, -0.25) is 0 Å². The van der Waals surface area contributed by atoms with Crippen LogP contribution in [0.15, 0.2) is 45.7 Å². The van der Waals surface area contributed by atoms with Crippen molar-refractivity contribution in [1.82, 2.24) is 9.88 Å². The summed E-state index contributed by atoms with van der Waals surface area (Å²) in [6.07, 6.45) is 1.57. The van der Waals surface area contributed by atoms with Crippen LogP contribution in [-0.4, -0.2) is 48.3 Å². The van der Waals surface area contributed by atoms with Crippen molar-refractivity contribution in [3.8, 4) is 11.5 Å². The molecule has 2 unspecified atom stereocenters. The van der Waals surface area contributed by atoms with Crippen molar-refractivity contribution in [3.05, 3.63) is 47.8 Å². The number of nitrogens with zero attached hydrogens (tertiary/aromatic N) is 2.